The van der Waals surface area contributed by atoms with Gasteiger partial charge >= 0.3 is 0 Å². The standard InChI is InChI=1S/C14H31N3/c1-2-3-4-5-6-7-8-10-17-11-9-16-13-14(17)12-15/h14,16H,2-13,15H2,1H3. The first-order valence-electron chi connectivity index (χ1n) is 7.53. The van der Waals surface area contributed by atoms with Gasteiger partial charge in [0.1, 0.15) is 0 Å². The van der Waals surface area contributed by atoms with Gasteiger partial charge in [-0.1, -0.05) is 45.4 Å². The Labute approximate surface area is 107 Å². The van der Waals surface area contributed by atoms with Gasteiger partial charge in [0.25, 0.3) is 0 Å². The SMILES string of the molecule is CCCCCCCCCN1CCNCC1CN. The number of hydrogen-bond donors (Lipinski definition) is 2. The van der Waals surface area contributed by atoms with Crippen LogP contribution >= 0.6 is 0 Å². The van der Waals surface area contributed by atoms with E-state index in [-0.39, 0.29) is 0 Å². The third-order valence-corrected chi connectivity index (χ3v) is 3.79. The van der Waals surface area contributed by atoms with E-state index >= 15 is 0 Å². The van der Waals surface area contributed by atoms with Crippen LogP contribution in [0.25, 0.3) is 0 Å². The van der Waals surface area contributed by atoms with Crippen LogP contribution in [0.3, 0.4) is 0 Å². The molecule has 1 aliphatic rings. The molecule has 17 heavy (non-hydrogen) atoms. The zero-order valence-electron chi connectivity index (χ0n) is 11.6. The number of unbranched alkanes of at least 4 members (excludes halogenated alkanes) is 6. The number of rotatable bonds is 9. The quantitative estimate of drug-likeness (QED) is 0.606. The molecule has 0 amide bonds. The largest absolute Gasteiger partial charge is 0.329 e. The Bertz CT molecular complexity index is 173. The highest BCUT2D eigenvalue weighted by Crippen LogP contribution is 2.09. The van der Waals surface area contributed by atoms with E-state index in [2.05, 4.69) is 17.1 Å². The smallest absolute Gasteiger partial charge is 0.0343 e. The van der Waals surface area contributed by atoms with Crippen LogP contribution in [0.2, 0.25) is 0 Å². The van der Waals surface area contributed by atoms with Crippen LogP contribution in [0.5, 0.6) is 0 Å². The van der Waals surface area contributed by atoms with Gasteiger partial charge in [0.2, 0.25) is 0 Å². The summed E-state index contributed by atoms with van der Waals surface area (Å²) in [7, 11) is 0. The lowest BCUT2D eigenvalue weighted by atomic mass is 10.1. The number of nitrogens with one attached hydrogen (secondary N) is 1. The highest BCUT2D eigenvalue weighted by Gasteiger charge is 2.19. The first-order valence-corrected chi connectivity index (χ1v) is 7.53. The van der Waals surface area contributed by atoms with Crippen molar-refractivity contribution >= 4 is 0 Å². The van der Waals surface area contributed by atoms with Crippen molar-refractivity contribution < 1.29 is 0 Å². The summed E-state index contributed by atoms with van der Waals surface area (Å²) in [5.74, 6) is 0. The number of nitrogens with two attached hydrogens (primary N) is 1. The molecule has 0 aromatic rings. The molecule has 0 spiro atoms. The maximum absolute atomic E-state index is 5.80. The number of nitrogens with zero attached hydrogens (tertiary/aromatic N) is 1. The molecule has 102 valence electrons. The summed E-state index contributed by atoms with van der Waals surface area (Å²) in [4.78, 5) is 2.57. The van der Waals surface area contributed by atoms with Crippen molar-refractivity contribution in [3.8, 4) is 0 Å². The van der Waals surface area contributed by atoms with Crippen molar-refractivity contribution in [2.75, 3.05) is 32.7 Å². The van der Waals surface area contributed by atoms with Gasteiger partial charge in [-0.3, -0.25) is 4.90 Å². The predicted molar refractivity (Wildman–Crippen MR) is 75.3 cm³/mol. The zero-order chi connectivity index (χ0) is 12.3. The molecule has 1 atom stereocenters. The van der Waals surface area contributed by atoms with Crippen molar-refractivity contribution in [1.82, 2.24) is 10.2 Å². The summed E-state index contributed by atoms with van der Waals surface area (Å²) >= 11 is 0. The second-order valence-electron chi connectivity index (χ2n) is 5.25. The Hall–Kier alpha value is -0.120. The van der Waals surface area contributed by atoms with Crippen LogP contribution < -0.4 is 11.1 Å². The molecule has 0 radical (unpaired) electrons. The molecule has 1 unspecified atom stereocenters. The van der Waals surface area contributed by atoms with Crippen molar-refractivity contribution in [3.63, 3.8) is 0 Å². The Balaban J connectivity index is 1.97. The summed E-state index contributed by atoms with van der Waals surface area (Å²) in [6.07, 6.45) is 9.77. The van der Waals surface area contributed by atoms with E-state index in [1.807, 2.05) is 0 Å². The highest BCUT2D eigenvalue weighted by molar-refractivity contribution is 4.80. The lowest BCUT2D eigenvalue weighted by Gasteiger charge is -2.35. The van der Waals surface area contributed by atoms with Crippen molar-refractivity contribution in [2.24, 2.45) is 5.73 Å². The first-order chi connectivity index (χ1) is 8.38. The van der Waals surface area contributed by atoms with Gasteiger partial charge in [-0.2, -0.15) is 0 Å². The molecule has 0 bridgehead atoms. The molecule has 3 nitrogen and oxygen atoms in total. The molecule has 0 aliphatic carbocycles. The Morgan fingerprint density at radius 1 is 1.12 bits per heavy atom. The molecule has 1 fully saturated rings. The van der Waals surface area contributed by atoms with E-state index in [4.69, 9.17) is 5.73 Å². The fraction of sp³-hybridized carbons (Fsp3) is 1.00. The third kappa shape index (κ3) is 6.39. The van der Waals surface area contributed by atoms with E-state index in [0.29, 0.717) is 6.04 Å². The monoisotopic (exact) mass is 241 g/mol. The van der Waals surface area contributed by atoms with Gasteiger partial charge in [0.05, 0.1) is 0 Å². The van der Waals surface area contributed by atoms with Gasteiger partial charge in [-0.05, 0) is 13.0 Å². The van der Waals surface area contributed by atoms with Crippen LogP contribution in [0.4, 0.5) is 0 Å². The molecule has 0 aromatic heterocycles. The second-order valence-corrected chi connectivity index (χ2v) is 5.25. The molecule has 3 N–H and O–H groups in total. The fourth-order valence-electron chi connectivity index (χ4n) is 2.60. The molecule has 1 rings (SSSR count). The first kappa shape index (κ1) is 14.9. The van der Waals surface area contributed by atoms with Gasteiger partial charge in [-0.25, -0.2) is 0 Å². The average molecular weight is 241 g/mol. The van der Waals surface area contributed by atoms with Gasteiger partial charge in [0, 0.05) is 32.2 Å². The van der Waals surface area contributed by atoms with Crippen molar-refractivity contribution in [2.45, 2.75) is 57.9 Å². The number of piperazine rings is 1. The molecule has 0 aromatic carbocycles. The van der Waals surface area contributed by atoms with Crippen molar-refractivity contribution in [3.05, 3.63) is 0 Å². The van der Waals surface area contributed by atoms with Gasteiger partial charge < -0.3 is 11.1 Å². The van der Waals surface area contributed by atoms with Gasteiger partial charge in [0.15, 0.2) is 0 Å². The molecule has 3 heteroatoms. The average Bonchev–Trinajstić information content (AvgIpc) is 2.38. The number of hydrogen-bond acceptors (Lipinski definition) is 3. The summed E-state index contributed by atoms with van der Waals surface area (Å²) in [6.45, 7) is 7.70. The second kappa shape index (κ2) is 9.86. The predicted octanol–water partition coefficient (Wildman–Crippen LogP) is 1.97. The zero-order valence-corrected chi connectivity index (χ0v) is 11.6. The van der Waals surface area contributed by atoms with E-state index in [9.17, 15) is 0 Å². The molecule has 1 aliphatic heterocycles. The maximum atomic E-state index is 5.80. The lowest BCUT2D eigenvalue weighted by Crippen LogP contribution is -2.54. The summed E-state index contributed by atoms with van der Waals surface area (Å²) in [5, 5.41) is 3.42. The normalized spacial score (nSPS) is 21.9. The Kier molecular flexibility index (Phi) is 8.67. The summed E-state index contributed by atoms with van der Waals surface area (Å²) < 4.78 is 0. The van der Waals surface area contributed by atoms with E-state index in [0.717, 1.165) is 19.6 Å². The summed E-state index contributed by atoms with van der Waals surface area (Å²) in [5.41, 5.74) is 5.80. The lowest BCUT2D eigenvalue weighted by molar-refractivity contribution is 0.162. The van der Waals surface area contributed by atoms with E-state index in [1.54, 1.807) is 0 Å². The minimum atomic E-state index is 0.573. The molecule has 0 saturated carbocycles. The molecular formula is C14H31N3. The van der Waals surface area contributed by atoms with Crippen molar-refractivity contribution in [1.29, 1.82) is 0 Å². The Morgan fingerprint density at radius 2 is 1.82 bits per heavy atom. The van der Waals surface area contributed by atoms with E-state index in [1.165, 1.54) is 58.0 Å². The van der Waals surface area contributed by atoms with Gasteiger partial charge in [-0.15, -0.1) is 0 Å². The Morgan fingerprint density at radius 3 is 2.53 bits per heavy atom. The highest BCUT2D eigenvalue weighted by atomic mass is 15.2. The summed E-state index contributed by atoms with van der Waals surface area (Å²) in [6, 6.07) is 0.573. The minimum absolute atomic E-state index is 0.573. The third-order valence-electron chi connectivity index (χ3n) is 3.79. The van der Waals surface area contributed by atoms with Crippen LogP contribution in [0, 0.1) is 0 Å². The van der Waals surface area contributed by atoms with Crippen LogP contribution in [-0.4, -0.2) is 43.7 Å². The van der Waals surface area contributed by atoms with E-state index < -0.39 is 0 Å². The minimum Gasteiger partial charge on any atom is -0.329 e. The fourth-order valence-corrected chi connectivity index (χ4v) is 2.60. The topological polar surface area (TPSA) is 41.3 Å². The van der Waals surface area contributed by atoms with Crippen LogP contribution in [-0.2, 0) is 0 Å². The molecule has 1 heterocycles. The van der Waals surface area contributed by atoms with Crippen LogP contribution in [0.1, 0.15) is 51.9 Å². The molecular weight excluding hydrogens is 210 g/mol. The maximum Gasteiger partial charge on any atom is 0.0343 e. The van der Waals surface area contributed by atoms with Crippen LogP contribution in [0.15, 0.2) is 0 Å². The molecule has 1 saturated heterocycles.